The van der Waals surface area contributed by atoms with Gasteiger partial charge in [0.15, 0.2) is 6.10 Å². The van der Waals surface area contributed by atoms with E-state index in [0.717, 1.165) is 17.1 Å². The van der Waals surface area contributed by atoms with E-state index in [1.807, 2.05) is 37.2 Å². The van der Waals surface area contributed by atoms with Gasteiger partial charge in [-0.2, -0.15) is 10.1 Å². The predicted octanol–water partition coefficient (Wildman–Crippen LogP) is 2.22. The molecule has 1 saturated carbocycles. The van der Waals surface area contributed by atoms with Gasteiger partial charge < -0.3 is 14.4 Å². The van der Waals surface area contributed by atoms with Crippen LogP contribution in [0.25, 0.3) is 0 Å². The standard InChI is InChI=1S/C23H27N3O5/c1-5-30-23(29)13(2)31-18-11-17(25(3)4)9-8-16(18)12-24-26-21(27)19-14-6-7-15(10-14)20(19)22(26)28/h6-9,11-15,19-20H,5,10H2,1-4H3/t13-,14-,15-,19-,20+/m0/s1. The first-order valence-electron chi connectivity index (χ1n) is 10.6. The third kappa shape index (κ3) is 3.71. The van der Waals surface area contributed by atoms with Crippen molar-refractivity contribution in [1.29, 1.82) is 0 Å². The van der Waals surface area contributed by atoms with Crippen LogP contribution in [-0.2, 0) is 19.1 Å². The topological polar surface area (TPSA) is 88.5 Å². The molecule has 2 aliphatic carbocycles. The van der Waals surface area contributed by atoms with Crippen LogP contribution in [-0.4, -0.2) is 55.8 Å². The lowest BCUT2D eigenvalue weighted by atomic mass is 9.85. The molecule has 1 saturated heterocycles. The van der Waals surface area contributed by atoms with Crippen LogP contribution in [0.4, 0.5) is 5.69 Å². The number of nitrogens with zero attached hydrogens (tertiary/aromatic N) is 3. The maximum absolute atomic E-state index is 12.8. The van der Waals surface area contributed by atoms with Gasteiger partial charge in [0.2, 0.25) is 0 Å². The largest absolute Gasteiger partial charge is 0.478 e. The molecular weight excluding hydrogens is 398 g/mol. The molecule has 5 atom stereocenters. The number of allylic oxidation sites excluding steroid dienone is 2. The van der Waals surface area contributed by atoms with E-state index < -0.39 is 12.1 Å². The lowest BCUT2D eigenvalue weighted by Crippen LogP contribution is -2.28. The van der Waals surface area contributed by atoms with Crippen molar-refractivity contribution >= 4 is 29.7 Å². The number of fused-ring (bicyclic) bond motifs is 5. The number of carbonyl (C=O) groups excluding carboxylic acids is 3. The highest BCUT2D eigenvalue weighted by Gasteiger charge is 2.59. The fourth-order valence-corrected chi connectivity index (χ4v) is 4.63. The van der Waals surface area contributed by atoms with Gasteiger partial charge in [-0.25, -0.2) is 4.79 Å². The van der Waals surface area contributed by atoms with Crippen LogP contribution in [0.2, 0.25) is 0 Å². The number of anilines is 1. The summed E-state index contributed by atoms with van der Waals surface area (Å²) >= 11 is 0. The van der Waals surface area contributed by atoms with Crippen LogP contribution in [0.5, 0.6) is 5.75 Å². The number of benzene rings is 1. The van der Waals surface area contributed by atoms with Crippen LogP contribution >= 0.6 is 0 Å². The van der Waals surface area contributed by atoms with E-state index in [4.69, 9.17) is 9.47 Å². The summed E-state index contributed by atoms with van der Waals surface area (Å²) < 4.78 is 10.9. The molecule has 1 aromatic rings. The average Bonchev–Trinajstić information content (AvgIpc) is 3.41. The second-order valence-electron chi connectivity index (χ2n) is 8.36. The van der Waals surface area contributed by atoms with Gasteiger partial charge in [0.1, 0.15) is 5.75 Å². The fraction of sp³-hybridized carbons (Fsp3) is 0.478. The number of hydrogen-bond donors (Lipinski definition) is 0. The Morgan fingerprint density at radius 2 is 1.87 bits per heavy atom. The zero-order valence-electron chi connectivity index (χ0n) is 18.1. The van der Waals surface area contributed by atoms with E-state index in [0.29, 0.717) is 11.3 Å². The third-order valence-corrected chi connectivity index (χ3v) is 6.20. The third-order valence-electron chi connectivity index (χ3n) is 6.20. The first-order chi connectivity index (χ1) is 14.8. The Balaban J connectivity index is 1.57. The van der Waals surface area contributed by atoms with Crippen molar-refractivity contribution in [3.8, 4) is 5.75 Å². The molecule has 4 rings (SSSR count). The summed E-state index contributed by atoms with van der Waals surface area (Å²) in [5.74, 6) is -0.861. The Morgan fingerprint density at radius 3 is 2.45 bits per heavy atom. The summed E-state index contributed by atoms with van der Waals surface area (Å²) in [6, 6.07) is 5.43. The van der Waals surface area contributed by atoms with Crippen molar-refractivity contribution in [3.05, 3.63) is 35.9 Å². The predicted molar refractivity (Wildman–Crippen MR) is 115 cm³/mol. The molecule has 0 N–H and O–H groups in total. The van der Waals surface area contributed by atoms with Gasteiger partial charge in [-0.15, -0.1) is 0 Å². The number of hydrogen-bond acceptors (Lipinski definition) is 7. The summed E-state index contributed by atoms with van der Waals surface area (Å²) in [4.78, 5) is 39.6. The molecule has 1 aromatic carbocycles. The van der Waals surface area contributed by atoms with E-state index in [9.17, 15) is 14.4 Å². The Kier molecular flexibility index (Phi) is 5.56. The lowest BCUT2D eigenvalue weighted by molar-refractivity contribution is -0.150. The van der Waals surface area contributed by atoms with Crippen molar-refractivity contribution in [3.63, 3.8) is 0 Å². The number of hydrazone groups is 1. The maximum atomic E-state index is 12.8. The van der Waals surface area contributed by atoms with Crippen LogP contribution in [0.1, 0.15) is 25.8 Å². The van der Waals surface area contributed by atoms with Gasteiger partial charge in [-0.1, -0.05) is 12.2 Å². The van der Waals surface area contributed by atoms with Crippen LogP contribution < -0.4 is 9.64 Å². The van der Waals surface area contributed by atoms with E-state index in [-0.39, 0.29) is 42.1 Å². The van der Waals surface area contributed by atoms with E-state index in [1.54, 1.807) is 26.0 Å². The minimum atomic E-state index is -0.819. The van der Waals surface area contributed by atoms with Crippen molar-refractivity contribution in [1.82, 2.24) is 5.01 Å². The second kappa shape index (κ2) is 8.17. The van der Waals surface area contributed by atoms with E-state index in [2.05, 4.69) is 5.10 Å². The van der Waals surface area contributed by atoms with Crippen LogP contribution in [0.3, 0.4) is 0 Å². The quantitative estimate of drug-likeness (QED) is 0.288. The minimum Gasteiger partial charge on any atom is -0.478 e. The summed E-state index contributed by atoms with van der Waals surface area (Å²) in [5, 5.41) is 5.23. The summed E-state index contributed by atoms with van der Waals surface area (Å²) in [5.41, 5.74) is 1.43. The van der Waals surface area contributed by atoms with E-state index >= 15 is 0 Å². The Hall–Kier alpha value is -3.16. The van der Waals surface area contributed by atoms with Crippen molar-refractivity contribution in [2.75, 3.05) is 25.6 Å². The smallest absolute Gasteiger partial charge is 0.347 e. The molecule has 164 valence electrons. The molecule has 8 heteroatoms. The summed E-state index contributed by atoms with van der Waals surface area (Å²) in [7, 11) is 3.79. The molecule has 3 aliphatic rings. The lowest BCUT2D eigenvalue weighted by Gasteiger charge is -2.19. The molecule has 0 spiro atoms. The molecule has 8 nitrogen and oxygen atoms in total. The number of imide groups is 1. The zero-order chi connectivity index (χ0) is 22.3. The van der Waals surface area contributed by atoms with E-state index in [1.165, 1.54) is 6.21 Å². The molecule has 2 fully saturated rings. The van der Waals surface area contributed by atoms with Crippen LogP contribution in [0, 0.1) is 23.7 Å². The van der Waals surface area contributed by atoms with Crippen molar-refractivity contribution in [2.45, 2.75) is 26.4 Å². The highest BCUT2D eigenvalue weighted by molar-refractivity contribution is 6.07. The first-order valence-corrected chi connectivity index (χ1v) is 10.6. The SMILES string of the molecule is CCOC(=O)[C@H](C)Oc1cc(N(C)C)ccc1C=NN1C(=O)[C@@H]2[C@H](C1=O)[C@H]1C=C[C@H]2C1. The number of rotatable bonds is 7. The van der Waals surface area contributed by atoms with Crippen LogP contribution in [0.15, 0.2) is 35.5 Å². The van der Waals surface area contributed by atoms with Gasteiger partial charge in [0.05, 0.1) is 24.7 Å². The minimum absolute atomic E-state index is 0.135. The molecule has 0 unspecified atom stereocenters. The normalized spacial score (nSPS) is 27.2. The fourth-order valence-electron chi connectivity index (χ4n) is 4.63. The zero-order valence-corrected chi connectivity index (χ0v) is 18.1. The number of esters is 1. The molecule has 0 aromatic heterocycles. The molecule has 1 aliphatic heterocycles. The monoisotopic (exact) mass is 425 g/mol. The second-order valence-corrected chi connectivity index (χ2v) is 8.36. The Bertz CT molecular complexity index is 940. The van der Waals surface area contributed by atoms with Crippen molar-refractivity contribution in [2.24, 2.45) is 28.8 Å². The number of carbonyl (C=O) groups is 3. The van der Waals surface area contributed by atoms with Gasteiger partial charge in [0.25, 0.3) is 11.8 Å². The number of amides is 2. The molecular formula is C23H27N3O5. The first kappa shape index (κ1) is 21.1. The molecule has 1 heterocycles. The summed E-state index contributed by atoms with van der Waals surface area (Å²) in [6.45, 7) is 3.60. The molecule has 2 amide bonds. The maximum Gasteiger partial charge on any atom is 0.347 e. The molecule has 31 heavy (non-hydrogen) atoms. The molecule has 2 bridgehead atoms. The Labute approximate surface area is 181 Å². The highest BCUT2D eigenvalue weighted by Crippen LogP contribution is 2.52. The van der Waals surface area contributed by atoms with Gasteiger partial charge >= 0.3 is 5.97 Å². The van der Waals surface area contributed by atoms with Gasteiger partial charge in [-0.3, -0.25) is 9.59 Å². The van der Waals surface area contributed by atoms with Crippen molar-refractivity contribution < 1.29 is 23.9 Å². The summed E-state index contributed by atoms with van der Waals surface area (Å²) in [6.07, 6.45) is 5.60. The average molecular weight is 425 g/mol. The van der Waals surface area contributed by atoms with Gasteiger partial charge in [-0.05, 0) is 44.2 Å². The van der Waals surface area contributed by atoms with Gasteiger partial charge in [0, 0.05) is 31.4 Å². The number of ether oxygens (including phenoxy) is 2. The highest BCUT2D eigenvalue weighted by atomic mass is 16.6. The molecule has 0 radical (unpaired) electrons. The Morgan fingerprint density at radius 1 is 1.23 bits per heavy atom.